The maximum Gasteiger partial charge on any atom is 0.121 e. The minimum Gasteiger partial charge on any atom is -0.508 e. The predicted molar refractivity (Wildman–Crippen MR) is 53.0 cm³/mol. The van der Waals surface area contributed by atoms with Gasteiger partial charge in [-0.1, -0.05) is 0 Å². The van der Waals surface area contributed by atoms with Crippen molar-refractivity contribution in [1.82, 2.24) is 0 Å². The van der Waals surface area contributed by atoms with E-state index in [0.717, 1.165) is 27.8 Å². The van der Waals surface area contributed by atoms with E-state index >= 15 is 0 Å². The number of hydrogen-bond acceptors (Lipinski definition) is 2. The fourth-order valence-electron chi connectivity index (χ4n) is 1.37. The van der Waals surface area contributed by atoms with Crippen LogP contribution in [0.5, 0.6) is 5.75 Å². The molecule has 0 saturated carbocycles. The second-order valence-electron chi connectivity index (χ2n) is 2.63. The van der Waals surface area contributed by atoms with Gasteiger partial charge in [-0.2, -0.15) is 0 Å². The average Bonchev–Trinajstić information content (AvgIpc) is 2.34. The Morgan fingerprint density at radius 1 is 1.45 bits per heavy atom. The van der Waals surface area contributed by atoms with Gasteiger partial charge in [0.25, 0.3) is 0 Å². The fraction of sp³-hybridized carbons (Fsp3) is 0.250. The molecule has 2 nitrogen and oxygen atoms in total. The van der Waals surface area contributed by atoms with Gasteiger partial charge in [0.05, 0.1) is 0 Å². The standard InChI is InChI=1S/C8H8INO/c9-5-3-7-6(1-2-10-7)8(11)4-5/h3-4,10-11H,1-2H2. The van der Waals surface area contributed by atoms with Crippen molar-refractivity contribution in [3.8, 4) is 5.75 Å². The summed E-state index contributed by atoms with van der Waals surface area (Å²) in [6, 6.07) is 3.86. The highest BCUT2D eigenvalue weighted by molar-refractivity contribution is 14.1. The van der Waals surface area contributed by atoms with Crippen LogP contribution in [0.15, 0.2) is 12.1 Å². The second kappa shape index (κ2) is 2.55. The molecule has 2 rings (SSSR count). The Morgan fingerprint density at radius 3 is 3.09 bits per heavy atom. The zero-order valence-corrected chi connectivity index (χ0v) is 8.05. The van der Waals surface area contributed by atoms with E-state index in [0.29, 0.717) is 5.75 Å². The van der Waals surface area contributed by atoms with Crippen LogP contribution in [0.3, 0.4) is 0 Å². The zero-order valence-electron chi connectivity index (χ0n) is 5.89. The molecule has 0 saturated heterocycles. The van der Waals surface area contributed by atoms with Gasteiger partial charge in [0, 0.05) is 21.4 Å². The SMILES string of the molecule is Oc1cc(I)cc2c1CCN2. The summed E-state index contributed by atoms with van der Waals surface area (Å²) in [5.41, 5.74) is 2.15. The summed E-state index contributed by atoms with van der Waals surface area (Å²) in [5, 5.41) is 12.7. The maximum absolute atomic E-state index is 9.47. The predicted octanol–water partition coefficient (Wildman–Crippen LogP) is 1.96. The van der Waals surface area contributed by atoms with Crippen molar-refractivity contribution < 1.29 is 5.11 Å². The highest BCUT2D eigenvalue weighted by Gasteiger charge is 2.14. The lowest BCUT2D eigenvalue weighted by atomic mass is 10.1. The molecule has 11 heavy (non-hydrogen) atoms. The van der Waals surface area contributed by atoms with Crippen molar-refractivity contribution in [1.29, 1.82) is 0 Å². The summed E-state index contributed by atoms with van der Waals surface area (Å²) >= 11 is 2.20. The molecule has 1 aliphatic heterocycles. The van der Waals surface area contributed by atoms with Crippen LogP contribution in [-0.2, 0) is 6.42 Å². The lowest BCUT2D eigenvalue weighted by Gasteiger charge is -2.02. The number of halogens is 1. The van der Waals surface area contributed by atoms with Crippen LogP contribution < -0.4 is 5.32 Å². The number of hydrogen-bond donors (Lipinski definition) is 2. The minimum absolute atomic E-state index is 0.428. The molecule has 1 aromatic rings. The Hall–Kier alpha value is -0.450. The van der Waals surface area contributed by atoms with E-state index < -0.39 is 0 Å². The molecular weight excluding hydrogens is 253 g/mol. The molecule has 0 bridgehead atoms. The number of fused-ring (bicyclic) bond motifs is 1. The molecule has 0 aromatic heterocycles. The fourth-order valence-corrected chi connectivity index (χ4v) is 1.97. The first-order chi connectivity index (χ1) is 5.27. The average molecular weight is 261 g/mol. The van der Waals surface area contributed by atoms with E-state index in [9.17, 15) is 5.11 Å². The summed E-state index contributed by atoms with van der Waals surface area (Å²) < 4.78 is 1.08. The molecule has 0 aliphatic carbocycles. The van der Waals surface area contributed by atoms with Crippen molar-refractivity contribution in [2.45, 2.75) is 6.42 Å². The molecule has 0 radical (unpaired) electrons. The maximum atomic E-state index is 9.47. The van der Waals surface area contributed by atoms with Crippen molar-refractivity contribution in [2.75, 3.05) is 11.9 Å². The van der Waals surface area contributed by atoms with Crippen LogP contribution in [0, 0.1) is 3.57 Å². The van der Waals surface area contributed by atoms with Gasteiger partial charge in [-0.25, -0.2) is 0 Å². The van der Waals surface area contributed by atoms with E-state index in [1.165, 1.54) is 0 Å². The van der Waals surface area contributed by atoms with E-state index in [4.69, 9.17) is 0 Å². The molecule has 1 aliphatic rings. The van der Waals surface area contributed by atoms with Crippen LogP contribution in [0.1, 0.15) is 5.56 Å². The lowest BCUT2D eigenvalue weighted by Crippen LogP contribution is -1.90. The zero-order chi connectivity index (χ0) is 7.84. The molecule has 3 heteroatoms. The quantitative estimate of drug-likeness (QED) is 0.700. The molecule has 0 atom stereocenters. The largest absolute Gasteiger partial charge is 0.508 e. The van der Waals surface area contributed by atoms with Crippen LogP contribution in [0.2, 0.25) is 0 Å². The van der Waals surface area contributed by atoms with E-state index in [-0.39, 0.29) is 0 Å². The topological polar surface area (TPSA) is 32.3 Å². The highest BCUT2D eigenvalue weighted by atomic mass is 127. The summed E-state index contributed by atoms with van der Waals surface area (Å²) in [6.07, 6.45) is 0.943. The Labute approximate surface area is 78.8 Å². The Bertz CT molecular complexity index is 298. The minimum atomic E-state index is 0.428. The number of anilines is 1. The van der Waals surface area contributed by atoms with Crippen LogP contribution in [0.25, 0.3) is 0 Å². The number of benzene rings is 1. The summed E-state index contributed by atoms with van der Waals surface area (Å²) in [4.78, 5) is 0. The van der Waals surface area contributed by atoms with Crippen LogP contribution in [0.4, 0.5) is 5.69 Å². The van der Waals surface area contributed by atoms with Crippen molar-refractivity contribution >= 4 is 28.3 Å². The first kappa shape index (κ1) is 7.21. The molecule has 0 amide bonds. The first-order valence-electron chi connectivity index (χ1n) is 3.52. The lowest BCUT2D eigenvalue weighted by molar-refractivity contribution is 0.470. The van der Waals surface area contributed by atoms with Gasteiger partial charge < -0.3 is 10.4 Å². The molecule has 1 aromatic carbocycles. The number of phenolic OH excluding ortho intramolecular Hbond substituents is 1. The van der Waals surface area contributed by atoms with Gasteiger partial charge in [0.2, 0.25) is 0 Å². The first-order valence-corrected chi connectivity index (χ1v) is 4.60. The van der Waals surface area contributed by atoms with E-state index in [2.05, 4.69) is 34.0 Å². The molecule has 0 unspecified atom stereocenters. The van der Waals surface area contributed by atoms with Crippen LogP contribution >= 0.6 is 22.6 Å². The summed E-state index contributed by atoms with van der Waals surface area (Å²) in [7, 11) is 0. The van der Waals surface area contributed by atoms with E-state index in [1.54, 1.807) is 6.07 Å². The molecular formula is C8H8INO. The van der Waals surface area contributed by atoms with Gasteiger partial charge >= 0.3 is 0 Å². The number of aromatic hydroxyl groups is 1. The Balaban J connectivity index is 2.60. The van der Waals surface area contributed by atoms with Gasteiger partial charge in [-0.3, -0.25) is 0 Å². The summed E-state index contributed by atoms with van der Waals surface area (Å²) in [5.74, 6) is 0.428. The molecule has 58 valence electrons. The number of nitrogens with one attached hydrogen (secondary N) is 1. The Kier molecular flexibility index (Phi) is 1.67. The van der Waals surface area contributed by atoms with E-state index in [1.807, 2.05) is 0 Å². The number of rotatable bonds is 0. The molecule has 2 N–H and O–H groups in total. The third-order valence-corrected chi connectivity index (χ3v) is 2.50. The second-order valence-corrected chi connectivity index (χ2v) is 3.87. The molecule has 0 fully saturated rings. The Morgan fingerprint density at radius 2 is 2.27 bits per heavy atom. The summed E-state index contributed by atoms with van der Waals surface area (Å²) in [6.45, 7) is 0.947. The third-order valence-electron chi connectivity index (χ3n) is 1.88. The van der Waals surface area contributed by atoms with Crippen molar-refractivity contribution in [3.05, 3.63) is 21.3 Å². The van der Waals surface area contributed by atoms with Crippen LogP contribution in [-0.4, -0.2) is 11.7 Å². The van der Waals surface area contributed by atoms with Crippen molar-refractivity contribution in [2.24, 2.45) is 0 Å². The third kappa shape index (κ3) is 1.17. The van der Waals surface area contributed by atoms with Gasteiger partial charge in [0.1, 0.15) is 5.75 Å². The highest BCUT2D eigenvalue weighted by Crippen LogP contribution is 2.32. The smallest absolute Gasteiger partial charge is 0.121 e. The molecule has 0 spiro atoms. The number of phenols is 1. The molecule has 1 heterocycles. The van der Waals surface area contributed by atoms with Gasteiger partial charge in [-0.15, -0.1) is 0 Å². The monoisotopic (exact) mass is 261 g/mol. The van der Waals surface area contributed by atoms with Crippen molar-refractivity contribution in [3.63, 3.8) is 0 Å². The van der Waals surface area contributed by atoms with Gasteiger partial charge in [0.15, 0.2) is 0 Å². The van der Waals surface area contributed by atoms with Gasteiger partial charge in [-0.05, 0) is 41.1 Å². The normalized spacial score (nSPS) is 14.3.